The molecule has 0 aromatic heterocycles. The predicted octanol–water partition coefficient (Wildman–Crippen LogP) is 1.53. The average molecular weight is 265 g/mol. The van der Waals surface area contributed by atoms with Gasteiger partial charge < -0.3 is 20.2 Å². The number of amides is 1. The van der Waals surface area contributed by atoms with Crippen molar-refractivity contribution in [2.24, 2.45) is 0 Å². The number of carbonyl (C=O) groups is 1. The van der Waals surface area contributed by atoms with Crippen molar-refractivity contribution in [2.45, 2.75) is 38.3 Å². The minimum Gasteiger partial charge on any atom is -0.504 e. The molecule has 1 aromatic rings. The Morgan fingerprint density at radius 2 is 2.11 bits per heavy atom. The molecule has 0 bridgehead atoms. The monoisotopic (exact) mass is 265 g/mol. The molecule has 19 heavy (non-hydrogen) atoms. The van der Waals surface area contributed by atoms with Crippen molar-refractivity contribution in [2.75, 3.05) is 6.54 Å². The summed E-state index contributed by atoms with van der Waals surface area (Å²) in [6.45, 7) is 2.18. The molecular weight excluding hydrogens is 246 g/mol. The lowest BCUT2D eigenvalue weighted by Crippen LogP contribution is -2.44. The molecule has 3 N–H and O–H groups in total. The molecule has 0 unspecified atom stereocenters. The lowest BCUT2D eigenvalue weighted by atomic mass is 10.0. The van der Waals surface area contributed by atoms with E-state index in [9.17, 15) is 20.1 Å². The number of piperidine rings is 1. The highest BCUT2D eigenvalue weighted by molar-refractivity contribution is 5.77. The summed E-state index contributed by atoms with van der Waals surface area (Å²) in [6.07, 6.45) is 1.50. The van der Waals surface area contributed by atoms with E-state index in [0.29, 0.717) is 12.0 Å². The van der Waals surface area contributed by atoms with E-state index in [2.05, 4.69) is 0 Å². The van der Waals surface area contributed by atoms with Crippen molar-refractivity contribution in [3.8, 4) is 11.5 Å². The van der Waals surface area contributed by atoms with Crippen LogP contribution in [0.5, 0.6) is 11.5 Å². The van der Waals surface area contributed by atoms with E-state index in [-0.39, 0.29) is 30.0 Å². The van der Waals surface area contributed by atoms with Crippen molar-refractivity contribution < 1.29 is 20.1 Å². The van der Waals surface area contributed by atoms with E-state index < -0.39 is 6.10 Å². The Kier molecular flexibility index (Phi) is 3.95. The smallest absolute Gasteiger partial charge is 0.222 e. The number of phenolic OH excluding ortho intramolecular Hbond substituents is 2. The molecule has 1 aliphatic rings. The zero-order chi connectivity index (χ0) is 14.0. The highest BCUT2D eigenvalue weighted by atomic mass is 16.3. The van der Waals surface area contributed by atoms with Gasteiger partial charge in [0.2, 0.25) is 5.91 Å². The Hall–Kier alpha value is -1.75. The number of aliphatic hydroxyl groups excluding tert-OH is 1. The molecule has 0 saturated carbocycles. The number of hydrogen-bond acceptors (Lipinski definition) is 4. The number of likely N-dealkylation sites (tertiary alicyclic amines) is 1. The molecule has 5 heteroatoms. The van der Waals surface area contributed by atoms with Gasteiger partial charge in [0.15, 0.2) is 11.5 Å². The SMILES string of the molecule is C[C@@H]1CCCC(=O)N1C[C@H](O)c1ccc(O)c(O)c1. The zero-order valence-electron chi connectivity index (χ0n) is 10.9. The number of β-amino-alcohol motifs (C(OH)–C–C–N with tert-alkyl or cyclic N) is 1. The first kappa shape index (κ1) is 13.7. The van der Waals surface area contributed by atoms with Crippen molar-refractivity contribution in [1.29, 1.82) is 0 Å². The molecule has 1 heterocycles. The van der Waals surface area contributed by atoms with Gasteiger partial charge in [-0.15, -0.1) is 0 Å². The van der Waals surface area contributed by atoms with E-state index in [1.54, 1.807) is 11.0 Å². The molecule has 1 fully saturated rings. The van der Waals surface area contributed by atoms with Crippen LogP contribution < -0.4 is 0 Å². The first-order valence-electron chi connectivity index (χ1n) is 6.48. The largest absolute Gasteiger partial charge is 0.504 e. The van der Waals surface area contributed by atoms with Gasteiger partial charge in [0.25, 0.3) is 0 Å². The van der Waals surface area contributed by atoms with Gasteiger partial charge in [0.1, 0.15) is 0 Å². The van der Waals surface area contributed by atoms with Gasteiger partial charge in [-0.2, -0.15) is 0 Å². The molecule has 2 atom stereocenters. The van der Waals surface area contributed by atoms with Crippen LogP contribution in [0.4, 0.5) is 0 Å². The second-order valence-corrected chi connectivity index (χ2v) is 5.05. The maximum absolute atomic E-state index is 11.8. The van der Waals surface area contributed by atoms with E-state index in [0.717, 1.165) is 12.8 Å². The van der Waals surface area contributed by atoms with E-state index in [4.69, 9.17) is 0 Å². The van der Waals surface area contributed by atoms with Gasteiger partial charge in [-0.05, 0) is 37.5 Å². The highest BCUT2D eigenvalue weighted by Gasteiger charge is 2.27. The number of carbonyl (C=O) groups excluding carboxylic acids is 1. The van der Waals surface area contributed by atoms with Gasteiger partial charge in [0.05, 0.1) is 12.6 Å². The summed E-state index contributed by atoms with van der Waals surface area (Å²) in [7, 11) is 0. The maximum Gasteiger partial charge on any atom is 0.222 e. The number of phenols is 2. The minimum absolute atomic E-state index is 0.0563. The van der Waals surface area contributed by atoms with Crippen LogP contribution in [0.1, 0.15) is 37.9 Å². The quantitative estimate of drug-likeness (QED) is 0.724. The highest BCUT2D eigenvalue weighted by Crippen LogP contribution is 2.29. The van der Waals surface area contributed by atoms with Crippen LogP contribution in [0.15, 0.2) is 18.2 Å². The fourth-order valence-corrected chi connectivity index (χ4v) is 2.42. The lowest BCUT2D eigenvalue weighted by Gasteiger charge is -2.34. The van der Waals surface area contributed by atoms with Crippen LogP contribution >= 0.6 is 0 Å². The molecule has 1 saturated heterocycles. The summed E-state index contributed by atoms with van der Waals surface area (Å²) < 4.78 is 0. The van der Waals surface area contributed by atoms with Crippen LogP contribution in [-0.2, 0) is 4.79 Å². The summed E-state index contributed by atoms with van der Waals surface area (Å²) in [5, 5.41) is 28.8. The Bertz CT molecular complexity index is 475. The molecule has 1 amide bonds. The summed E-state index contributed by atoms with van der Waals surface area (Å²) in [6, 6.07) is 4.31. The number of aromatic hydroxyl groups is 2. The van der Waals surface area contributed by atoms with Crippen molar-refractivity contribution in [1.82, 2.24) is 4.90 Å². The molecule has 1 aliphatic heterocycles. The minimum atomic E-state index is -0.865. The summed E-state index contributed by atoms with van der Waals surface area (Å²) >= 11 is 0. The van der Waals surface area contributed by atoms with Crippen molar-refractivity contribution >= 4 is 5.91 Å². The Morgan fingerprint density at radius 3 is 2.74 bits per heavy atom. The van der Waals surface area contributed by atoms with E-state index >= 15 is 0 Å². The topological polar surface area (TPSA) is 81.0 Å². The molecule has 0 spiro atoms. The third-order valence-electron chi connectivity index (χ3n) is 3.62. The van der Waals surface area contributed by atoms with E-state index in [1.807, 2.05) is 6.92 Å². The Balaban J connectivity index is 2.09. The van der Waals surface area contributed by atoms with Crippen molar-refractivity contribution in [3.05, 3.63) is 23.8 Å². The van der Waals surface area contributed by atoms with Gasteiger partial charge in [0, 0.05) is 12.5 Å². The normalized spacial score (nSPS) is 21.5. The van der Waals surface area contributed by atoms with Crippen molar-refractivity contribution in [3.63, 3.8) is 0 Å². The molecular formula is C14H19NO4. The maximum atomic E-state index is 11.8. The van der Waals surface area contributed by atoms with Crippen LogP contribution in [-0.4, -0.2) is 38.7 Å². The molecule has 1 aromatic carbocycles. The lowest BCUT2D eigenvalue weighted by molar-refractivity contribution is -0.137. The summed E-state index contributed by atoms with van der Waals surface area (Å²) in [4.78, 5) is 13.5. The second-order valence-electron chi connectivity index (χ2n) is 5.05. The molecule has 104 valence electrons. The summed E-state index contributed by atoms with van der Waals surface area (Å²) in [5.74, 6) is -0.436. The third-order valence-corrected chi connectivity index (χ3v) is 3.62. The summed E-state index contributed by atoms with van der Waals surface area (Å²) in [5.41, 5.74) is 0.487. The third kappa shape index (κ3) is 2.98. The number of rotatable bonds is 3. The van der Waals surface area contributed by atoms with Crippen LogP contribution in [0.3, 0.4) is 0 Å². The van der Waals surface area contributed by atoms with Gasteiger partial charge >= 0.3 is 0 Å². The number of hydrogen-bond donors (Lipinski definition) is 3. The van der Waals surface area contributed by atoms with Gasteiger partial charge in [-0.3, -0.25) is 4.79 Å². The fourth-order valence-electron chi connectivity index (χ4n) is 2.42. The van der Waals surface area contributed by atoms with Gasteiger partial charge in [-0.1, -0.05) is 6.07 Å². The molecule has 0 aliphatic carbocycles. The van der Waals surface area contributed by atoms with Gasteiger partial charge in [-0.25, -0.2) is 0 Å². The first-order valence-corrected chi connectivity index (χ1v) is 6.48. The predicted molar refractivity (Wildman–Crippen MR) is 69.8 cm³/mol. The number of benzene rings is 1. The number of nitrogens with zero attached hydrogens (tertiary/aromatic N) is 1. The van der Waals surface area contributed by atoms with E-state index in [1.165, 1.54) is 12.1 Å². The molecule has 2 rings (SSSR count). The van der Waals surface area contributed by atoms with Crippen LogP contribution in [0.2, 0.25) is 0 Å². The second kappa shape index (κ2) is 5.48. The Labute approximate surface area is 112 Å². The molecule has 0 radical (unpaired) electrons. The first-order chi connectivity index (χ1) is 8.99. The molecule has 5 nitrogen and oxygen atoms in total. The zero-order valence-corrected chi connectivity index (χ0v) is 10.9. The average Bonchev–Trinajstić information content (AvgIpc) is 2.37. The standard InChI is InChI=1S/C14H19NO4/c1-9-3-2-4-14(19)15(9)8-13(18)10-5-6-11(16)12(17)7-10/h5-7,9,13,16-18H,2-4,8H2,1H3/t9-,13+/m1/s1. The Morgan fingerprint density at radius 1 is 1.37 bits per heavy atom. The van der Waals surface area contributed by atoms with Crippen LogP contribution in [0.25, 0.3) is 0 Å². The van der Waals surface area contributed by atoms with Crippen LogP contribution in [0, 0.1) is 0 Å². The fraction of sp³-hybridized carbons (Fsp3) is 0.500. The number of aliphatic hydroxyl groups is 1.